The van der Waals surface area contributed by atoms with Gasteiger partial charge in [0.25, 0.3) is 5.91 Å². The number of benzene rings is 1. The molecule has 0 aliphatic carbocycles. The Kier molecular flexibility index (Phi) is 4.28. The lowest BCUT2D eigenvalue weighted by Gasteiger charge is -2.25. The summed E-state index contributed by atoms with van der Waals surface area (Å²) in [5.74, 6) is -0.104. The maximum absolute atomic E-state index is 11.8. The number of H-pyrrole nitrogens is 1. The average molecular weight is 286 g/mol. The SMILES string of the molecule is O=C(CN1CCOCC1)NN=Cc1c[nH]c2ccccc12. The Balaban J connectivity index is 1.55. The zero-order chi connectivity index (χ0) is 14.5. The van der Waals surface area contributed by atoms with Gasteiger partial charge in [0.15, 0.2) is 0 Å². The topological polar surface area (TPSA) is 69.7 Å². The normalized spacial score (nSPS) is 16.6. The highest BCUT2D eigenvalue weighted by atomic mass is 16.5. The molecule has 2 heterocycles. The highest BCUT2D eigenvalue weighted by Crippen LogP contribution is 2.15. The quantitative estimate of drug-likeness (QED) is 0.649. The number of carbonyl (C=O) groups excluding carboxylic acids is 1. The van der Waals surface area contributed by atoms with Gasteiger partial charge in [0, 0.05) is 35.8 Å². The highest BCUT2D eigenvalue weighted by molar-refractivity contribution is 5.99. The van der Waals surface area contributed by atoms with Crippen LogP contribution in [0.5, 0.6) is 0 Å². The van der Waals surface area contributed by atoms with Crippen LogP contribution in [0.2, 0.25) is 0 Å². The second kappa shape index (κ2) is 6.51. The summed E-state index contributed by atoms with van der Waals surface area (Å²) in [6, 6.07) is 7.97. The Hall–Kier alpha value is -2.18. The number of rotatable bonds is 4. The van der Waals surface area contributed by atoms with Gasteiger partial charge in [0.2, 0.25) is 0 Å². The Morgan fingerprint density at radius 3 is 3.05 bits per heavy atom. The van der Waals surface area contributed by atoms with Crippen LogP contribution in [0.15, 0.2) is 35.6 Å². The van der Waals surface area contributed by atoms with Gasteiger partial charge in [-0.05, 0) is 6.07 Å². The van der Waals surface area contributed by atoms with E-state index in [-0.39, 0.29) is 5.91 Å². The molecular formula is C15H18N4O2. The van der Waals surface area contributed by atoms with Crippen molar-refractivity contribution in [3.05, 3.63) is 36.0 Å². The first kappa shape index (κ1) is 13.8. The van der Waals surface area contributed by atoms with Crippen LogP contribution in [0, 0.1) is 0 Å². The van der Waals surface area contributed by atoms with Crippen molar-refractivity contribution >= 4 is 23.0 Å². The standard InChI is InChI=1S/C15H18N4O2/c20-15(11-19-5-7-21-8-6-19)18-17-10-12-9-16-14-4-2-1-3-13(12)14/h1-4,9-10,16H,5-8,11H2,(H,18,20). The minimum absolute atomic E-state index is 0.104. The van der Waals surface area contributed by atoms with Crippen LogP contribution in [-0.4, -0.2) is 54.9 Å². The molecule has 0 atom stereocenters. The molecular weight excluding hydrogens is 268 g/mol. The third kappa shape index (κ3) is 3.48. The van der Waals surface area contributed by atoms with Gasteiger partial charge in [-0.1, -0.05) is 18.2 Å². The molecule has 110 valence electrons. The average Bonchev–Trinajstić information content (AvgIpc) is 2.92. The summed E-state index contributed by atoms with van der Waals surface area (Å²) in [7, 11) is 0. The molecule has 0 unspecified atom stereocenters. The number of nitrogens with zero attached hydrogens (tertiary/aromatic N) is 2. The number of para-hydroxylation sites is 1. The Labute approximate surface area is 122 Å². The summed E-state index contributed by atoms with van der Waals surface area (Å²) in [4.78, 5) is 17.0. The Morgan fingerprint density at radius 2 is 2.19 bits per heavy atom. The number of amides is 1. The van der Waals surface area contributed by atoms with Crippen LogP contribution in [0.1, 0.15) is 5.56 Å². The van der Waals surface area contributed by atoms with E-state index in [9.17, 15) is 4.79 Å². The van der Waals surface area contributed by atoms with Crippen molar-refractivity contribution in [1.82, 2.24) is 15.3 Å². The molecule has 2 N–H and O–H groups in total. The van der Waals surface area contributed by atoms with Gasteiger partial charge < -0.3 is 9.72 Å². The number of hydrogen-bond donors (Lipinski definition) is 2. The largest absolute Gasteiger partial charge is 0.379 e. The molecule has 0 spiro atoms. The molecule has 1 aromatic heterocycles. The van der Waals surface area contributed by atoms with Crippen molar-refractivity contribution in [3.8, 4) is 0 Å². The number of hydrogen-bond acceptors (Lipinski definition) is 4. The molecule has 1 aliphatic heterocycles. The maximum atomic E-state index is 11.8. The van der Waals surface area contributed by atoms with Gasteiger partial charge in [-0.2, -0.15) is 5.10 Å². The van der Waals surface area contributed by atoms with Crippen LogP contribution >= 0.6 is 0 Å². The third-order valence-electron chi connectivity index (χ3n) is 3.49. The number of morpholine rings is 1. The molecule has 1 aliphatic rings. The van der Waals surface area contributed by atoms with Gasteiger partial charge in [-0.25, -0.2) is 5.43 Å². The van der Waals surface area contributed by atoms with Gasteiger partial charge in [-0.15, -0.1) is 0 Å². The van der Waals surface area contributed by atoms with Crippen LogP contribution in [0.4, 0.5) is 0 Å². The molecule has 0 radical (unpaired) electrons. The second-order valence-electron chi connectivity index (χ2n) is 4.97. The van der Waals surface area contributed by atoms with Gasteiger partial charge in [-0.3, -0.25) is 9.69 Å². The van der Waals surface area contributed by atoms with E-state index in [2.05, 4.69) is 20.4 Å². The smallest absolute Gasteiger partial charge is 0.254 e. The first-order valence-corrected chi connectivity index (χ1v) is 7.01. The van der Waals surface area contributed by atoms with Crippen molar-refractivity contribution in [3.63, 3.8) is 0 Å². The zero-order valence-corrected chi connectivity index (χ0v) is 11.7. The lowest BCUT2D eigenvalue weighted by Crippen LogP contribution is -2.42. The Bertz CT molecular complexity index is 644. The van der Waals surface area contributed by atoms with Crippen molar-refractivity contribution < 1.29 is 9.53 Å². The van der Waals surface area contributed by atoms with E-state index in [1.807, 2.05) is 30.5 Å². The fourth-order valence-electron chi connectivity index (χ4n) is 2.37. The Morgan fingerprint density at radius 1 is 1.38 bits per heavy atom. The van der Waals surface area contributed by atoms with Crippen LogP contribution in [-0.2, 0) is 9.53 Å². The van der Waals surface area contributed by atoms with Crippen LogP contribution < -0.4 is 5.43 Å². The fourth-order valence-corrected chi connectivity index (χ4v) is 2.37. The molecule has 1 aromatic carbocycles. The van der Waals surface area contributed by atoms with E-state index in [0.29, 0.717) is 19.8 Å². The first-order valence-electron chi connectivity index (χ1n) is 7.01. The second-order valence-corrected chi connectivity index (χ2v) is 4.97. The van der Waals surface area contributed by atoms with Crippen LogP contribution in [0.25, 0.3) is 10.9 Å². The monoisotopic (exact) mass is 286 g/mol. The molecule has 0 saturated carbocycles. The van der Waals surface area contributed by atoms with Crippen LogP contribution in [0.3, 0.4) is 0 Å². The van der Waals surface area contributed by atoms with Crippen molar-refractivity contribution in [2.24, 2.45) is 5.10 Å². The number of hydrazone groups is 1. The molecule has 2 aromatic rings. The van der Waals surface area contributed by atoms with E-state index in [0.717, 1.165) is 29.6 Å². The number of nitrogens with one attached hydrogen (secondary N) is 2. The molecule has 0 bridgehead atoms. The van der Waals surface area contributed by atoms with Gasteiger partial charge in [0.1, 0.15) is 0 Å². The number of carbonyl (C=O) groups is 1. The van der Waals surface area contributed by atoms with E-state index < -0.39 is 0 Å². The number of ether oxygens (including phenoxy) is 1. The summed E-state index contributed by atoms with van der Waals surface area (Å²) in [6.45, 7) is 3.31. The summed E-state index contributed by atoms with van der Waals surface area (Å²) >= 11 is 0. The number of fused-ring (bicyclic) bond motifs is 1. The lowest BCUT2D eigenvalue weighted by molar-refractivity contribution is -0.123. The molecule has 6 nitrogen and oxygen atoms in total. The summed E-state index contributed by atoms with van der Waals surface area (Å²) in [5.41, 5.74) is 4.58. The minimum Gasteiger partial charge on any atom is -0.379 e. The summed E-state index contributed by atoms with van der Waals surface area (Å²) in [6.07, 6.45) is 3.54. The molecule has 1 amide bonds. The predicted molar refractivity (Wildman–Crippen MR) is 81.3 cm³/mol. The molecule has 3 rings (SSSR count). The predicted octanol–water partition coefficient (Wildman–Crippen LogP) is 0.950. The van der Waals surface area contributed by atoms with E-state index in [1.54, 1.807) is 6.21 Å². The summed E-state index contributed by atoms with van der Waals surface area (Å²) < 4.78 is 5.25. The highest BCUT2D eigenvalue weighted by Gasteiger charge is 2.13. The molecule has 6 heteroatoms. The van der Waals surface area contributed by atoms with Gasteiger partial charge in [0.05, 0.1) is 26.0 Å². The first-order chi connectivity index (χ1) is 10.3. The van der Waals surface area contributed by atoms with Crippen molar-refractivity contribution in [2.45, 2.75) is 0 Å². The summed E-state index contributed by atoms with van der Waals surface area (Å²) in [5, 5.41) is 5.11. The molecule has 1 saturated heterocycles. The number of aromatic amines is 1. The molecule has 21 heavy (non-hydrogen) atoms. The van der Waals surface area contributed by atoms with E-state index >= 15 is 0 Å². The van der Waals surface area contributed by atoms with Crippen molar-refractivity contribution in [1.29, 1.82) is 0 Å². The van der Waals surface area contributed by atoms with Gasteiger partial charge >= 0.3 is 0 Å². The maximum Gasteiger partial charge on any atom is 0.254 e. The fraction of sp³-hybridized carbons (Fsp3) is 0.333. The zero-order valence-electron chi connectivity index (χ0n) is 11.7. The third-order valence-corrected chi connectivity index (χ3v) is 3.49. The lowest BCUT2D eigenvalue weighted by atomic mass is 10.2. The number of aromatic nitrogens is 1. The van der Waals surface area contributed by atoms with E-state index in [4.69, 9.17) is 4.74 Å². The van der Waals surface area contributed by atoms with E-state index in [1.165, 1.54) is 0 Å². The minimum atomic E-state index is -0.104. The van der Waals surface area contributed by atoms with Crippen molar-refractivity contribution in [2.75, 3.05) is 32.8 Å². The molecule has 1 fully saturated rings.